The fourth-order valence-electron chi connectivity index (χ4n) is 5.53. The van der Waals surface area contributed by atoms with Crippen molar-refractivity contribution in [1.82, 2.24) is 19.9 Å². The smallest absolute Gasteiger partial charge is 0.135 e. The Labute approximate surface area is 229 Å². The van der Waals surface area contributed by atoms with Crippen molar-refractivity contribution in [3.05, 3.63) is 97.6 Å². The lowest BCUT2D eigenvalue weighted by Gasteiger charge is -2.03. The van der Waals surface area contributed by atoms with Crippen molar-refractivity contribution in [3.63, 3.8) is 0 Å². The van der Waals surface area contributed by atoms with Gasteiger partial charge < -0.3 is 4.42 Å². The van der Waals surface area contributed by atoms with Crippen LogP contribution in [-0.4, -0.2) is 19.9 Å². The molecule has 4 aromatic carbocycles. The van der Waals surface area contributed by atoms with E-state index in [1.165, 1.54) is 9.40 Å². The van der Waals surface area contributed by atoms with Crippen LogP contribution >= 0.6 is 22.7 Å². The van der Waals surface area contributed by atoms with Gasteiger partial charge in [0.2, 0.25) is 0 Å². The first-order valence-corrected chi connectivity index (χ1v) is 14.2. The number of benzene rings is 4. The molecule has 0 saturated carbocycles. The third-order valence-electron chi connectivity index (χ3n) is 7.33. The Morgan fingerprint density at radius 1 is 0.487 bits per heavy atom. The number of aromatic nitrogens is 4. The quantitative estimate of drug-likeness (QED) is 0.220. The van der Waals surface area contributed by atoms with Crippen molar-refractivity contribution in [2.24, 2.45) is 0 Å². The standard InChI is InChI=1S/C32H16N4OS2/c1-3-7-25-19(5-1)29-31(38-25)27(33-15-35-29)17-9-11-23-21(13-17)22-14-18(10-12-24(22)37-23)28-32-30(36-16-34-28)20-6-2-4-8-26(20)39-32/h1-16H. The summed E-state index contributed by atoms with van der Waals surface area (Å²) in [5, 5.41) is 4.44. The van der Waals surface area contributed by atoms with Gasteiger partial charge in [-0.1, -0.05) is 36.4 Å². The summed E-state index contributed by atoms with van der Waals surface area (Å²) in [4.78, 5) is 18.7. The predicted molar refractivity (Wildman–Crippen MR) is 162 cm³/mol. The van der Waals surface area contributed by atoms with Crippen LogP contribution in [0.25, 0.3) is 85.1 Å². The molecule has 0 atom stereocenters. The third-order valence-corrected chi connectivity index (χ3v) is 9.67. The van der Waals surface area contributed by atoms with Gasteiger partial charge in [0.15, 0.2) is 0 Å². The Balaban J connectivity index is 1.26. The highest BCUT2D eigenvalue weighted by molar-refractivity contribution is 7.26. The lowest BCUT2D eigenvalue weighted by Crippen LogP contribution is -1.86. The van der Waals surface area contributed by atoms with Gasteiger partial charge in [0, 0.05) is 42.1 Å². The van der Waals surface area contributed by atoms with Gasteiger partial charge in [-0.05, 0) is 48.5 Å². The molecule has 0 unspecified atom stereocenters. The van der Waals surface area contributed by atoms with Crippen LogP contribution in [0.15, 0.2) is 102 Å². The van der Waals surface area contributed by atoms with Gasteiger partial charge in [0.1, 0.15) is 23.8 Å². The molecule has 0 amide bonds. The Morgan fingerprint density at radius 3 is 1.49 bits per heavy atom. The number of hydrogen-bond acceptors (Lipinski definition) is 7. The van der Waals surface area contributed by atoms with Crippen LogP contribution in [0, 0.1) is 0 Å². The van der Waals surface area contributed by atoms with Gasteiger partial charge in [-0.2, -0.15) is 0 Å². The molecule has 7 heteroatoms. The second-order valence-electron chi connectivity index (χ2n) is 9.52. The fraction of sp³-hybridized carbons (Fsp3) is 0. The van der Waals surface area contributed by atoms with Crippen molar-refractivity contribution in [2.45, 2.75) is 0 Å². The number of rotatable bonds is 2. The van der Waals surface area contributed by atoms with Crippen molar-refractivity contribution < 1.29 is 4.42 Å². The van der Waals surface area contributed by atoms with Crippen LogP contribution in [0.5, 0.6) is 0 Å². The SMILES string of the molecule is c1ccc2c(c1)sc1c(-c3ccc4oc5ccc(-c6ncnc7c6sc6ccccc67)cc5c4c3)ncnc12. The van der Waals surface area contributed by atoms with E-state index in [1.807, 2.05) is 12.1 Å². The zero-order chi connectivity index (χ0) is 25.5. The summed E-state index contributed by atoms with van der Waals surface area (Å²) in [6.45, 7) is 0. The van der Waals surface area contributed by atoms with E-state index in [0.717, 1.165) is 75.7 Å². The minimum atomic E-state index is 0.849. The molecule has 0 saturated heterocycles. The number of nitrogens with zero attached hydrogens (tertiary/aromatic N) is 4. The van der Waals surface area contributed by atoms with E-state index in [9.17, 15) is 0 Å². The number of thiophene rings is 2. The molecule has 9 rings (SSSR count). The fourth-order valence-corrected chi connectivity index (χ4v) is 7.87. The molecule has 5 heterocycles. The molecule has 0 fully saturated rings. The normalized spacial score (nSPS) is 12.1. The Bertz CT molecular complexity index is 2250. The number of furan rings is 1. The minimum absolute atomic E-state index is 0.849. The topological polar surface area (TPSA) is 64.7 Å². The van der Waals surface area contributed by atoms with Crippen molar-refractivity contribution >= 4 is 85.2 Å². The van der Waals surface area contributed by atoms with Crippen LogP contribution in [0.1, 0.15) is 0 Å². The lowest BCUT2D eigenvalue weighted by molar-refractivity contribution is 0.669. The molecule has 0 aliphatic rings. The number of fused-ring (bicyclic) bond motifs is 9. The monoisotopic (exact) mass is 536 g/mol. The van der Waals surface area contributed by atoms with Gasteiger partial charge in [-0.25, -0.2) is 19.9 Å². The minimum Gasteiger partial charge on any atom is -0.456 e. The molecular weight excluding hydrogens is 521 g/mol. The van der Waals surface area contributed by atoms with Crippen molar-refractivity contribution in [2.75, 3.05) is 0 Å². The summed E-state index contributed by atoms with van der Waals surface area (Å²) in [7, 11) is 0. The Hall–Kier alpha value is -4.72. The maximum Gasteiger partial charge on any atom is 0.135 e. The highest BCUT2D eigenvalue weighted by Gasteiger charge is 2.17. The van der Waals surface area contributed by atoms with Gasteiger partial charge in [0.25, 0.3) is 0 Å². The van der Waals surface area contributed by atoms with E-state index >= 15 is 0 Å². The molecule has 39 heavy (non-hydrogen) atoms. The van der Waals surface area contributed by atoms with Crippen molar-refractivity contribution in [3.8, 4) is 22.5 Å². The third kappa shape index (κ3) is 3.05. The molecule has 0 radical (unpaired) electrons. The largest absolute Gasteiger partial charge is 0.456 e. The zero-order valence-electron chi connectivity index (χ0n) is 20.3. The molecule has 5 nitrogen and oxygen atoms in total. The second kappa shape index (κ2) is 7.89. The highest BCUT2D eigenvalue weighted by Crippen LogP contribution is 2.41. The average Bonchev–Trinajstić information content (AvgIpc) is 3.67. The maximum absolute atomic E-state index is 6.24. The summed E-state index contributed by atoms with van der Waals surface area (Å²) in [5.74, 6) is 0. The van der Waals surface area contributed by atoms with Gasteiger partial charge >= 0.3 is 0 Å². The van der Waals surface area contributed by atoms with E-state index in [1.54, 1.807) is 35.3 Å². The number of hydrogen-bond donors (Lipinski definition) is 0. The van der Waals surface area contributed by atoms with Crippen LogP contribution in [0.2, 0.25) is 0 Å². The van der Waals surface area contributed by atoms with Gasteiger partial charge in [0.05, 0.1) is 31.8 Å². The molecule has 5 aromatic heterocycles. The van der Waals surface area contributed by atoms with E-state index < -0.39 is 0 Å². The molecule has 0 bridgehead atoms. The van der Waals surface area contributed by atoms with E-state index in [-0.39, 0.29) is 0 Å². The first kappa shape index (κ1) is 21.2. The maximum atomic E-state index is 6.24. The molecule has 0 spiro atoms. The predicted octanol–water partition coefficient (Wildman–Crippen LogP) is 9.24. The van der Waals surface area contributed by atoms with Gasteiger partial charge in [-0.15, -0.1) is 22.7 Å². The average molecular weight is 537 g/mol. The van der Waals surface area contributed by atoms with Crippen LogP contribution in [0.3, 0.4) is 0 Å². The van der Waals surface area contributed by atoms with Gasteiger partial charge in [-0.3, -0.25) is 0 Å². The summed E-state index contributed by atoms with van der Waals surface area (Å²) in [6, 6.07) is 29.4. The second-order valence-corrected chi connectivity index (χ2v) is 11.6. The van der Waals surface area contributed by atoms with E-state index in [0.29, 0.717) is 0 Å². The zero-order valence-corrected chi connectivity index (χ0v) is 21.9. The summed E-state index contributed by atoms with van der Waals surface area (Å²) in [5.41, 5.74) is 7.66. The van der Waals surface area contributed by atoms with Crippen LogP contribution in [0.4, 0.5) is 0 Å². The van der Waals surface area contributed by atoms with E-state index in [2.05, 4.69) is 82.8 Å². The van der Waals surface area contributed by atoms with Crippen LogP contribution < -0.4 is 0 Å². The summed E-state index contributed by atoms with van der Waals surface area (Å²) >= 11 is 3.47. The Kier molecular flexibility index (Phi) is 4.30. The summed E-state index contributed by atoms with van der Waals surface area (Å²) < 4.78 is 10.9. The van der Waals surface area contributed by atoms with Crippen molar-refractivity contribution in [1.29, 1.82) is 0 Å². The van der Waals surface area contributed by atoms with Crippen LogP contribution in [-0.2, 0) is 0 Å². The first-order valence-electron chi connectivity index (χ1n) is 12.5. The molecule has 182 valence electrons. The molecule has 0 aliphatic heterocycles. The van der Waals surface area contributed by atoms with E-state index in [4.69, 9.17) is 14.4 Å². The molecule has 9 aromatic rings. The summed E-state index contributed by atoms with van der Waals surface area (Å²) in [6.07, 6.45) is 3.33. The first-order chi connectivity index (χ1) is 19.3. The Morgan fingerprint density at radius 2 is 0.974 bits per heavy atom. The highest BCUT2D eigenvalue weighted by atomic mass is 32.1. The molecule has 0 aliphatic carbocycles. The molecular formula is C32H16N4OS2. The molecule has 0 N–H and O–H groups in total. The lowest BCUT2D eigenvalue weighted by atomic mass is 10.0.